The van der Waals surface area contributed by atoms with Crippen LogP contribution in [0, 0.1) is 0 Å². The lowest BCUT2D eigenvalue weighted by atomic mass is 9.77. The molecule has 2 rings (SSSR count). The van der Waals surface area contributed by atoms with Gasteiger partial charge in [0.05, 0.1) is 6.20 Å². The number of pyridine rings is 1. The normalized spacial score (nSPS) is 18.2. The molecule has 18 heavy (non-hydrogen) atoms. The van der Waals surface area contributed by atoms with Crippen LogP contribution >= 0.6 is 0 Å². The molecule has 0 unspecified atom stereocenters. The van der Waals surface area contributed by atoms with Crippen molar-refractivity contribution in [1.29, 1.82) is 0 Å². The van der Waals surface area contributed by atoms with E-state index in [1.54, 1.807) is 12.4 Å². The van der Waals surface area contributed by atoms with Gasteiger partial charge in [-0.15, -0.1) is 0 Å². The van der Waals surface area contributed by atoms with Crippen molar-refractivity contribution < 1.29 is 4.74 Å². The number of nitrogens with one attached hydrogen (secondary N) is 1. The maximum Gasteiger partial charge on any atom is 0.138 e. The quantitative estimate of drug-likeness (QED) is 0.869. The smallest absolute Gasteiger partial charge is 0.138 e. The molecule has 1 aliphatic carbocycles. The Morgan fingerprint density at radius 2 is 2.17 bits per heavy atom. The highest BCUT2D eigenvalue weighted by Crippen LogP contribution is 2.39. The molecule has 1 aromatic heterocycles. The fraction of sp³-hybridized carbons (Fsp3) is 0.667. The Morgan fingerprint density at radius 3 is 2.67 bits per heavy atom. The third-order valence-electron chi connectivity index (χ3n) is 3.47. The minimum absolute atomic E-state index is 0.0429. The topological polar surface area (TPSA) is 34.1 Å². The average Bonchev–Trinajstić information content (AvgIpc) is 2.25. The highest BCUT2D eigenvalue weighted by Gasteiger charge is 2.39. The maximum atomic E-state index is 6.15. The largest absolute Gasteiger partial charge is 0.486 e. The molecule has 3 heteroatoms. The van der Waals surface area contributed by atoms with Crippen molar-refractivity contribution in [1.82, 2.24) is 10.3 Å². The van der Waals surface area contributed by atoms with Gasteiger partial charge < -0.3 is 10.1 Å². The van der Waals surface area contributed by atoms with Crippen LogP contribution in [0.5, 0.6) is 5.75 Å². The molecule has 0 spiro atoms. The van der Waals surface area contributed by atoms with Gasteiger partial charge in [-0.25, -0.2) is 0 Å². The summed E-state index contributed by atoms with van der Waals surface area (Å²) in [6.07, 6.45) is 8.25. The summed E-state index contributed by atoms with van der Waals surface area (Å²) in [5.74, 6) is 0.896. The van der Waals surface area contributed by atoms with Crippen molar-refractivity contribution in [2.75, 3.05) is 6.54 Å². The second kappa shape index (κ2) is 5.27. The molecule has 1 fully saturated rings. The Hall–Kier alpha value is -1.09. The first-order chi connectivity index (χ1) is 8.49. The Kier molecular flexibility index (Phi) is 3.91. The molecule has 0 aliphatic heterocycles. The molecule has 3 nitrogen and oxygen atoms in total. The molecule has 1 saturated carbocycles. The van der Waals surface area contributed by atoms with Crippen LogP contribution in [0.4, 0.5) is 0 Å². The first-order valence-electron chi connectivity index (χ1n) is 6.83. The van der Waals surface area contributed by atoms with E-state index >= 15 is 0 Å². The van der Waals surface area contributed by atoms with Gasteiger partial charge in [0.15, 0.2) is 0 Å². The van der Waals surface area contributed by atoms with Crippen molar-refractivity contribution in [3.05, 3.63) is 24.5 Å². The molecular formula is C15H24N2O. The highest BCUT2D eigenvalue weighted by molar-refractivity contribution is 5.17. The molecule has 0 saturated heterocycles. The highest BCUT2D eigenvalue weighted by atomic mass is 16.5. The number of hydrogen-bond donors (Lipinski definition) is 1. The molecule has 0 bridgehead atoms. The van der Waals surface area contributed by atoms with Gasteiger partial charge in [-0.1, -0.05) is 0 Å². The lowest BCUT2D eigenvalue weighted by Crippen LogP contribution is -2.47. The van der Waals surface area contributed by atoms with Crippen LogP contribution in [-0.2, 0) is 0 Å². The van der Waals surface area contributed by atoms with Crippen molar-refractivity contribution in [3.63, 3.8) is 0 Å². The van der Waals surface area contributed by atoms with Crippen LogP contribution < -0.4 is 10.1 Å². The number of ether oxygens (including phenoxy) is 1. The lowest BCUT2D eigenvalue weighted by Gasteiger charge is -2.42. The van der Waals surface area contributed by atoms with Gasteiger partial charge in [-0.3, -0.25) is 4.98 Å². The molecule has 0 amide bonds. The zero-order valence-corrected chi connectivity index (χ0v) is 11.7. The first kappa shape index (κ1) is 13.3. The van der Waals surface area contributed by atoms with Gasteiger partial charge in [-0.05, 0) is 65.1 Å². The summed E-state index contributed by atoms with van der Waals surface area (Å²) in [5.41, 5.74) is 0.223. The molecule has 100 valence electrons. The van der Waals surface area contributed by atoms with Gasteiger partial charge in [0.1, 0.15) is 11.4 Å². The second-order valence-electron chi connectivity index (χ2n) is 6.25. The maximum absolute atomic E-state index is 6.15. The molecule has 1 aromatic rings. The monoisotopic (exact) mass is 248 g/mol. The zero-order chi connectivity index (χ0) is 13.1. The van der Waals surface area contributed by atoms with E-state index in [9.17, 15) is 0 Å². The van der Waals surface area contributed by atoms with Crippen LogP contribution in [0.15, 0.2) is 24.5 Å². The van der Waals surface area contributed by atoms with Crippen molar-refractivity contribution in [3.8, 4) is 5.75 Å². The predicted octanol–water partition coefficient (Wildman–Crippen LogP) is 3.16. The van der Waals surface area contributed by atoms with E-state index in [1.165, 1.54) is 6.42 Å². The van der Waals surface area contributed by atoms with Crippen LogP contribution in [0.3, 0.4) is 0 Å². The minimum Gasteiger partial charge on any atom is -0.486 e. The SMILES string of the molecule is CC(C)(C)NCCC1(Oc2cccnc2)CCC1. The minimum atomic E-state index is 0.0429. The standard InChI is InChI=1S/C15H24N2O/c1-14(2,3)17-11-9-15(7-5-8-15)18-13-6-4-10-16-12-13/h4,6,10,12,17H,5,7-9,11H2,1-3H3. The summed E-state index contributed by atoms with van der Waals surface area (Å²) in [6.45, 7) is 7.59. The fourth-order valence-electron chi connectivity index (χ4n) is 2.30. The molecule has 1 aliphatic rings. The van der Waals surface area contributed by atoms with E-state index < -0.39 is 0 Å². The second-order valence-corrected chi connectivity index (χ2v) is 6.25. The van der Waals surface area contributed by atoms with Crippen LogP contribution in [-0.4, -0.2) is 22.7 Å². The van der Waals surface area contributed by atoms with E-state index in [-0.39, 0.29) is 11.1 Å². The van der Waals surface area contributed by atoms with Crippen LogP contribution in [0.25, 0.3) is 0 Å². The molecule has 1 heterocycles. The van der Waals surface area contributed by atoms with E-state index in [1.807, 2.05) is 12.1 Å². The number of nitrogens with zero attached hydrogens (tertiary/aromatic N) is 1. The number of hydrogen-bond acceptors (Lipinski definition) is 3. The average molecular weight is 248 g/mol. The lowest BCUT2D eigenvalue weighted by molar-refractivity contribution is -0.0155. The van der Waals surface area contributed by atoms with E-state index in [4.69, 9.17) is 4.74 Å². The van der Waals surface area contributed by atoms with Gasteiger partial charge in [0, 0.05) is 11.7 Å². The molecule has 0 atom stereocenters. The predicted molar refractivity (Wildman–Crippen MR) is 73.8 cm³/mol. The Labute approximate surface area is 110 Å². The van der Waals surface area contributed by atoms with Gasteiger partial charge in [-0.2, -0.15) is 0 Å². The summed E-state index contributed by atoms with van der Waals surface area (Å²) in [7, 11) is 0. The van der Waals surface area contributed by atoms with Crippen molar-refractivity contribution in [2.24, 2.45) is 0 Å². The zero-order valence-electron chi connectivity index (χ0n) is 11.7. The third kappa shape index (κ3) is 3.70. The van der Waals surface area contributed by atoms with E-state index in [0.717, 1.165) is 31.6 Å². The summed E-state index contributed by atoms with van der Waals surface area (Å²) in [5, 5.41) is 3.54. The Morgan fingerprint density at radius 1 is 1.39 bits per heavy atom. The Balaban J connectivity index is 1.87. The summed E-state index contributed by atoms with van der Waals surface area (Å²) in [6, 6.07) is 3.92. The molecule has 1 N–H and O–H groups in total. The van der Waals surface area contributed by atoms with Gasteiger partial charge in [0.2, 0.25) is 0 Å². The van der Waals surface area contributed by atoms with E-state index in [0.29, 0.717) is 0 Å². The number of aromatic nitrogens is 1. The summed E-state index contributed by atoms with van der Waals surface area (Å²) >= 11 is 0. The first-order valence-corrected chi connectivity index (χ1v) is 6.83. The molecule has 0 aromatic carbocycles. The van der Waals surface area contributed by atoms with Crippen molar-refractivity contribution in [2.45, 2.75) is 57.6 Å². The van der Waals surface area contributed by atoms with Crippen LogP contribution in [0.2, 0.25) is 0 Å². The Bertz CT molecular complexity index is 366. The fourth-order valence-corrected chi connectivity index (χ4v) is 2.30. The van der Waals surface area contributed by atoms with Gasteiger partial charge in [0.25, 0.3) is 0 Å². The van der Waals surface area contributed by atoms with Gasteiger partial charge >= 0.3 is 0 Å². The van der Waals surface area contributed by atoms with Crippen LogP contribution in [0.1, 0.15) is 46.5 Å². The summed E-state index contributed by atoms with van der Waals surface area (Å²) < 4.78 is 6.15. The molecular weight excluding hydrogens is 224 g/mol. The third-order valence-corrected chi connectivity index (χ3v) is 3.47. The van der Waals surface area contributed by atoms with Crippen molar-refractivity contribution >= 4 is 0 Å². The molecule has 0 radical (unpaired) electrons. The van der Waals surface area contributed by atoms with E-state index in [2.05, 4.69) is 31.1 Å². The summed E-state index contributed by atoms with van der Waals surface area (Å²) in [4.78, 5) is 4.11. The number of rotatable bonds is 5.